The quantitative estimate of drug-likeness (QED) is 0.328. The van der Waals surface area contributed by atoms with E-state index in [-0.39, 0.29) is 22.0 Å². The van der Waals surface area contributed by atoms with E-state index in [1.165, 1.54) is 19.1 Å². The van der Waals surface area contributed by atoms with Gasteiger partial charge in [-0.15, -0.1) is 0 Å². The molecule has 9 nitrogen and oxygen atoms in total. The van der Waals surface area contributed by atoms with Gasteiger partial charge < -0.3 is 9.47 Å². The number of aromatic nitrogens is 3. The summed E-state index contributed by atoms with van der Waals surface area (Å²) in [7, 11) is 2.12. The summed E-state index contributed by atoms with van der Waals surface area (Å²) < 4.78 is 64.8. The topological polar surface area (TPSA) is 102 Å². The van der Waals surface area contributed by atoms with Crippen LogP contribution in [0.3, 0.4) is 0 Å². The lowest BCUT2D eigenvalue weighted by atomic mass is 10.2. The van der Waals surface area contributed by atoms with Gasteiger partial charge in [0.2, 0.25) is 0 Å². The second-order valence-corrected chi connectivity index (χ2v) is 8.55. The Hall–Kier alpha value is -3.39. The van der Waals surface area contributed by atoms with Crippen LogP contribution in [-0.4, -0.2) is 26.8 Å². The van der Waals surface area contributed by atoms with E-state index in [1.54, 1.807) is 0 Å². The Kier molecular flexibility index (Phi) is 7.50. The van der Waals surface area contributed by atoms with Gasteiger partial charge in [-0.1, -0.05) is 11.6 Å². The first-order chi connectivity index (χ1) is 16.7. The highest BCUT2D eigenvalue weighted by Crippen LogP contribution is 2.39. The standard InChI is InChI=1S/C21H15BrClF4N3O6/c1-9(17(31)35-3)29-18(32)28(2)19(33)30(20(29)34)15-8-11(4-5-12(15)22)36-16-13(23)6-10(7-14(16)24)21(25,26)27/h4-9H,1-3H3. The summed E-state index contributed by atoms with van der Waals surface area (Å²) in [5, 5.41) is -0.680. The number of nitrogens with zero attached hydrogens (tertiary/aromatic N) is 3. The smallest absolute Gasteiger partial charge is 0.416 e. The van der Waals surface area contributed by atoms with Crippen molar-refractivity contribution in [2.24, 2.45) is 7.05 Å². The number of esters is 1. The van der Waals surface area contributed by atoms with Crippen LogP contribution < -0.4 is 21.8 Å². The fraction of sp³-hybridized carbons (Fsp3) is 0.238. The lowest BCUT2D eigenvalue weighted by Crippen LogP contribution is -2.54. The summed E-state index contributed by atoms with van der Waals surface area (Å²) in [4.78, 5) is 50.5. The molecule has 1 aromatic heterocycles. The maximum absolute atomic E-state index is 14.4. The van der Waals surface area contributed by atoms with Gasteiger partial charge in [-0.3, -0.25) is 0 Å². The summed E-state index contributed by atoms with van der Waals surface area (Å²) >= 11 is 8.96. The van der Waals surface area contributed by atoms with Gasteiger partial charge in [0.05, 0.1) is 23.4 Å². The molecule has 0 amide bonds. The molecule has 1 unspecified atom stereocenters. The van der Waals surface area contributed by atoms with Crippen molar-refractivity contribution < 1.29 is 31.8 Å². The normalized spacial score (nSPS) is 12.4. The Labute approximate surface area is 212 Å². The first kappa shape index (κ1) is 27.2. The number of rotatable bonds is 5. The Morgan fingerprint density at radius 2 is 1.72 bits per heavy atom. The Morgan fingerprint density at radius 1 is 1.08 bits per heavy atom. The highest BCUT2D eigenvalue weighted by Gasteiger charge is 2.33. The molecule has 192 valence electrons. The molecular weight excluding hydrogens is 582 g/mol. The average molecular weight is 597 g/mol. The monoisotopic (exact) mass is 595 g/mol. The van der Waals surface area contributed by atoms with E-state index in [1.807, 2.05) is 0 Å². The molecule has 0 radical (unpaired) electrons. The predicted molar refractivity (Wildman–Crippen MR) is 122 cm³/mol. The van der Waals surface area contributed by atoms with Gasteiger partial charge in [-0.05, 0) is 47.1 Å². The van der Waals surface area contributed by atoms with Crippen molar-refractivity contribution in [1.29, 1.82) is 0 Å². The van der Waals surface area contributed by atoms with Crippen molar-refractivity contribution >= 4 is 33.5 Å². The van der Waals surface area contributed by atoms with Crippen LogP contribution in [0.1, 0.15) is 18.5 Å². The van der Waals surface area contributed by atoms with Gasteiger partial charge in [0.15, 0.2) is 11.6 Å². The van der Waals surface area contributed by atoms with E-state index in [0.29, 0.717) is 19.8 Å². The number of methoxy groups -OCH3 is 1. The van der Waals surface area contributed by atoms with Gasteiger partial charge in [0.1, 0.15) is 11.8 Å². The van der Waals surface area contributed by atoms with Crippen molar-refractivity contribution in [3.63, 3.8) is 0 Å². The summed E-state index contributed by atoms with van der Waals surface area (Å²) in [5.41, 5.74) is -4.88. The highest BCUT2D eigenvalue weighted by molar-refractivity contribution is 9.10. The zero-order valence-electron chi connectivity index (χ0n) is 18.5. The molecule has 0 N–H and O–H groups in total. The van der Waals surface area contributed by atoms with Gasteiger partial charge in [0, 0.05) is 17.6 Å². The molecule has 3 aromatic rings. The molecule has 0 aliphatic carbocycles. The van der Waals surface area contributed by atoms with E-state index >= 15 is 0 Å². The Bertz CT molecular complexity index is 1520. The van der Waals surface area contributed by atoms with E-state index in [0.717, 1.165) is 20.2 Å². The van der Waals surface area contributed by atoms with E-state index < -0.39 is 57.4 Å². The average Bonchev–Trinajstić information content (AvgIpc) is 2.80. The second-order valence-electron chi connectivity index (χ2n) is 7.29. The lowest BCUT2D eigenvalue weighted by molar-refractivity contribution is -0.144. The van der Waals surface area contributed by atoms with Crippen LogP contribution in [0.5, 0.6) is 11.5 Å². The van der Waals surface area contributed by atoms with Gasteiger partial charge in [0.25, 0.3) is 0 Å². The van der Waals surface area contributed by atoms with Crippen LogP contribution >= 0.6 is 27.5 Å². The summed E-state index contributed by atoms with van der Waals surface area (Å²) in [6.45, 7) is 1.22. The molecular formula is C21H15BrClF4N3O6. The number of ether oxygens (including phenoxy) is 2. The third kappa shape index (κ3) is 4.95. The molecule has 15 heteroatoms. The first-order valence-corrected chi connectivity index (χ1v) is 10.9. The zero-order chi connectivity index (χ0) is 27.1. The molecule has 0 fully saturated rings. The van der Waals surface area contributed by atoms with Crippen molar-refractivity contribution in [2.75, 3.05) is 7.11 Å². The van der Waals surface area contributed by atoms with Crippen LogP contribution in [0.2, 0.25) is 5.02 Å². The van der Waals surface area contributed by atoms with Crippen molar-refractivity contribution in [2.45, 2.75) is 19.1 Å². The van der Waals surface area contributed by atoms with Gasteiger partial charge in [-0.2, -0.15) is 13.2 Å². The minimum Gasteiger partial charge on any atom is -0.467 e. The van der Waals surface area contributed by atoms with Crippen molar-refractivity contribution in [3.8, 4) is 17.2 Å². The molecule has 0 spiro atoms. The van der Waals surface area contributed by atoms with Gasteiger partial charge >= 0.3 is 29.2 Å². The lowest BCUT2D eigenvalue weighted by Gasteiger charge is -2.17. The molecule has 1 atom stereocenters. The summed E-state index contributed by atoms with van der Waals surface area (Å²) in [6.07, 6.45) is -4.85. The number of benzene rings is 2. The van der Waals surface area contributed by atoms with Crippen molar-refractivity contribution in [1.82, 2.24) is 13.7 Å². The van der Waals surface area contributed by atoms with E-state index in [4.69, 9.17) is 16.3 Å². The fourth-order valence-electron chi connectivity index (χ4n) is 3.14. The number of halogens is 6. The molecule has 36 heavy (non-hydrogen) atoms. The number of carbonyl (C=O) groups is 1. The fourth-order valence-corrected chi connectivity index (χ4v) is 3.81. The van der Waals surface area contributed by atoms with E-state index in [9.17, 15) is 36.7 Å². The van der Waals surface area contributed by atoms with Crippen LogP contribution in [-0.2, 0) is 22.8 Å². The third-order valence-corrected chi connectivity index (χ3v) is 5.95. The van der Waals surface area contributed by atoms with E-state index in [2.05, 4.69) is 20.7 Å². The summed E-state index contributed by atoms with van der Waals surface area (Å²) in [6, 6.07) is 2.91. The number of hydrogen-bond acceptors (Lipinski definition) is 6. The van der Waals surface area contributed by atoms with Crippen LogP contribution in [0.15, 0.2) is 49.2 Å². The molecule has 0 aliphatic heterocycles. The van der Waals surface area contributed by atoms with Gasteiger partial charge in [-0.25, -0.2) is 37.3 Å². The molecule has 3 rings (SSSR count). The molecule has 0 bridgehead atoms. The number of carbonyl (C=O) groups excluding carboxylic acids is 1. The van der Waals surface area contributed by atoms with Crippen LogP contribution in [0.25, 0.3) is 5.69 Å². The number of alkyl halides is 3. The van der Waals surface area contributed by atoms with Crippen LogP contribution in [0.4, 0.5) is 17.6 Å². The van der Waals surface area contributed by atoms with Crippen molar-refractivity contribution in [3.05, 3.63) is 82.7 Å². The SMILES string of the molecule is COC(=O)C(C)n1c(=O)n(C)c(=O)n(-c2cc(Oc3c(F)cc(C(F)(F)F)cc3Cl)ccc2Br)c1=O. The maximum atomic E-state index is 14.4. The molecule has 2 aromatic carbocycles. The Morgan fingerprint density at radius 3 is 2.28 bits per heavy atom. The minimum absolute atomic E-state index is 0.143. The first-order valence-electron chi connectivity index (χ1n) is 9.75. The van der Waals surface area contributed by atoms with Crippen LogP contribution in [0, 0.1) is 5.82 Å². The predicted octanol–water partition coefficient (Wildman–Crippen LogP) is 3.80. The zero-order valence-corrected chi connectivity index (χ0v) is 20.9. The largest absolute Gasteiger partial charge is 0.467 e. The highest BCUT2D eigenvalue weighted by atomic mass is 79.9. The molecule has 0 saturated carbocycles. The molecule has 0 aliphatic rings. The molecule has 0 saturated heterocycles. The maximum Gasteiger partial charge on any atom is 0.416 e. The number of hydrogen-bond donors (Lipinski definition) is 0. The Balaban J connectivity index is 2.19. The third-order valence-electron chi connectivity index (χ3n) is 5.00. The second kappa shape index (κ2) is 9.93. The molecule has 1 heterocycles. The minimum atomic E-state index is -4.85. The summed E-state index contributed by atoms with van der Waals surface area (Å²) in [5.74, 6) is -3.29.